The summed E-state index contributed by atoms with van der Waals surface area (Å²) in [5.74, 6) is 0.621. The van der Waals surface area contributed by atoms with Gasteiger partial charge in [0.1, 0.15) is 6.33 Å². The van der Waals surface area contributed by atoms with Gasteiger partial charge in [-0.1, -0.05) is 54.1 Å². The van der Waals surface area contributed by atoms with Crippen LogP contribution in [0.3, 0.4) is 0 Å². The second-order valence-corrected chi connectivity index (χ2v) is 5.29. The lowest BCUT2D eigenvalue weighted by atomic mass is 10.2. The van der Waals surface area contributed by atoms with Crippen LogP contribution in [-0.4, -0.2) is 26.0 Å². The first-order chi connectivity index (χ1) is 11.3. The maximum Gasteiger partial charge on any atom is 0.185 e. The van der Waals surface area contributed by atoms with Crippen LogP contribution >= 0.6 is 11.6 Å². The summed E-state index contributed by atoms with van der Waals surface area (Å²) in [6.07, 6.45) is 3.22. The number of nitrogens with one attached hydrogen (secondary N) is 1. The number of benzene rings is 2. The summed E-state index contributed by atoms with van der Waals surface area (Å²) in [6.45, 7) is 0. The zero-order valence-corrected chi connectivity index (χ0v) is 12.6. The third-order valence-electron chi connectivity index (χ3n) is 3.44. The molecular weight excluding hydrogens is 312 g/mol. The predicted molar refractivity (Wildman–Crippen MR) is 91.0 cm³/mol. The molecule has 112 valence electrons. The zero-order valence-electron chi connectivity index (χ0n) is 11.9. The fraction of sp³-hybridized carbons (Fsp3) is 0. The molecule has 7 heteroatoms. The van der Waals surface area contributed by atoms with E-state index in [4.69, 9.17) is 11.6 Å². The quantitative estimate of drug-likeness (QED) is 0.464. The van der Waals surface area contributed by atoms with Crippen molar-refractivity contribution >= 4 is 40.1 Å². The molecule has 2 aromatic carbocycles. The molecule has 0 fully saturated rings. The molecule has 6 nitrogen and oxygen atoms in total. The largest absolute Gasteiger partial charge is 0.259 e. The van der Waals surface area contributed by atoms with Gasteiger partial charge in [0, 0.05) is 21.4 Å². The van der Waals surface area contributed by atoms with E-state index in [9.17, 15) is 0 Å². The molecule has 4 rings (SSSR count). The Morgan fingerprint density at radius 2 is 1.83 bits per heavy atom. The summed E-state index contributed by atoms with van der Waals surface area (Å²) in [4.78, 5) is 0. The van der Waals surface area contributed by atoms with E-state index in [-0.39, 0.29) is 0 Å². The highest BCUT2D eigenvalue weighted by atomic mass is 35.5. The van der Waals surface area contributed by atoms with E-state index < -0.39 is 0 Å². The van der Waals surface area contributed by atoms with Gasteiger partial charge in [-0.05, 0) is 6.07 Å². The Kier molecular flexibility index (Phi) is 3.36. The molecule has 0 unspecified atom stereocenters. The van der Waals surface area contributed by atoms with E-state index in [0.717, 1.165) is 16.3 Å². The summed E-state index contributed by atoms with van der Waals surface area (Å²) in [7, 11) is 0. The van der Waals surface area contributed by atoms with Gasteiger partial charge in [0.15, 0.2) is 11.5 Å². The first-order valence-corrected chi connectivity index (χ1v) is 7.33. The van der Waals surface area contributed by atoms with E-state index in [2.05, 4.69) is 25.8 Å². The molecule has 23 heavy (non-hydrogen) atoms. The van der Waals surface area contributed by atoms with Crippen molar-refractivity contribution < 1.29 is 0 Å². The summed E-state index contributed by atoms with van der Waals surface area (Å²) < 4.78 is 1.62. The molecule has 0 spiro atoms. The van der Waals surface area contributed by atoms with E-state index in [1.54, 1.807) is 17.1 Å². The van der Waals surface area contributed by atoms with Gasteiger partial charge in [-0.3, -0.25) is 5.43 Å². The highest BCUT2D eigenvalue weighted by molar-refractivity contribution is 6.33. The number of hydrogen-bond acceptors (Lipinski definition) is 5. The highest BCUT2D eigenvalue weighted by Gasteiger charge is 2.08. The number of hydrogen-bond donors (Lipinski definition) is 1. The van der Waals surface area contributed by atoms with E-state index in [0.29, 0.717) is 16.5 Å². The van der Waals surface area contributed by atoms with E-state index in [1.807, 2.05) is 48.5 Å². The van der Waals surface area contributed by atoms with Gasteiger partial charge in [0.2, 0.25) is 0 Å². The molecule has 4 aromatic rings. The molecule has 0 bridgehead atoms. The van der Waals surface area contributed by atoms with Crippen molar-refractivity contribution in [3.8, 4) is 0 Å². The SMILES string of the molecule is Clc1ccccc1/C=N/Nc1nn2cnnc2c2ccccc12. The topological polar surface area (TPSA) is 67.5 Å². The summed E-state index contributed by atoms with van der Waals surface area (Å²) in [5, 5.41) is 19.2. The van der Waals surface area contributed by atoms with Crippen molar-refractivity contribution in [2.24, 2.45) is 5.10 Å². The monoisotopic (exact) mass is 322 g/mol. The van der Waals surface area contributed by atoms with Crippen LogP contribution in [0.15, 0.2) is 60.0 Å². The summed E-state index contributed by atoms with van der Waals surface area (Å²) >= 11 is 6.11. The average Bonchev–Trinajstić information content (AvgIpc) is 3.05. The minimum absolute atomic E-state index is 0.621. The lowest BCUT2D eigenvalue weighted by Crippen LogP contribution is -2.00. The smallest absolute Gasteiger partial charge is 0.185 e. The lowest BCUT2D eigenvalue weighted by Gasteiger charge is -2.06. The molecule has 0 aliphatic carbocycles. The van der Waals surface area contributed by atoms with Crippen LogP contribution in [-0.2, 0) is 0 Å². The molecular formula is C16H11ClN6. The minimum atomic E-state index is 0.621. The number of anilines is 1. The van der Waals surface area contributed by atoms with E-state index in [1.165, 1.54) is 0 Å². The average molecular weight is 323 g/mol. The lowest BCUT2D eigenvalue weighted by molar-refractivity contribution is 0.934. The number of fused-ring (bicyclic) bond motifs is 3. The number of hydrazone groups is 1. The van der Waals surface area contributed by atoms with Crippen LogP contribution in [0, 0.1) is 0 Å². The van der Waals surface area contributed by atoms with Gasteiger partial charge in [0.05, 0.1) is 6.21 Å². The van der Waals surface area contributed by atoms with Gasteiger partial charge in [0.25, 0.3) is 0 Å². The van der Waals surface area contributed by atoms with Crippen LogP contribution in [0.2, 0.25) is 5.02 Å². The van der Waals surface area contributed by atoms with Crippen molar-refractivity contribution in [1.82, 2.24) is 19.8 Å². The van der Waals surface area contributed by atoms with Crippen LogP contribution in [0.1, 0.15) is 5.56 Å². The number of halogens is 1. The normalized spacial score (nSPS) is 11.5. The van der Waals surface area contributed by atoms with Gasteiger partial charge in [-0.2, -0.15) is 9.62 Å². The summed E-state index contributed by atoms with van der Waals surface area (Å²) in [6, 6.07) is 15.3. The maximum atomic E-state index is 6.11. The summed E-state index contributed by atoms with van der Waals surface area (Å²) in [5.41, 5.74) is 4.51. The molecule has 1 N–H and O–H groups in total. The Bertz CT molecular complexity index is 1020. The third-order valence-corrected chi connectivity index (χ3v) is 3.78. The van der Waals surface area contributed by atoms with Crippen LogP contribution in [0.4, 0.5) is 5.82 Å². The standard InChI is InChI=1S/C16H11ClN6/c17-14-8-4-1-5-11(14)9-18-20-15-12-6-2-3-7-13(12)16-21-19-10-23(16)22-15/h1-10H,(H,20,22)/b18-9+. The van der Waals surface area contributed by atoms with Crippen LogP contribution in [0.25, 0.3) is 16.4 Å². The minimum Gasteiger partial charge on any atom is -0.259 e. The van der Waals surface area contributed by atoms with Crippen molar-refractivity contribution in [1.29, 1.82) is 0 Å². The third kappa shape index (κ3) is 2.49. The predicted octanol–water partition coefficient (Wildman–Crippen LogP) is 3.38. The Balaban J connectivity index is 1.74. The Hall–Kier alpha value is -2.99. The molecule has 0 atom stereocenters. The van der Waals surface area contributed by atoms with Crippen molar-refractivity contribution in [2.45, 2.75) is 0 Å². The second-order valence-electron chi connectivity index (χ2n) is 4.88. The molecule has 0 aliphatic heterocycles. The fourth-order valence-electron chi connectivity index (χ4n) is 2.35. The van der Waals surface area contributed by atoms with Crippen LogP contribution < -0.4 is 5.43 Å². The number of nitrogens with zero attached hydrogens (tertiary/aromatic N) is 5. The molecule has 0 aliphatic rings. The Morgan fingerprint density at radius 3 is 2.70 bits per heavy atom. The van der Waals surface area contributed by atoms with Crippen LogP contribution in [0.5, 0.6) is 0 Å². The molecule has 2 aromatic heterocycles. The molecule has 0 saturated carbocycles. The molecule has 0 radical (unpaired) electrons. The molecule has 0 amide bonds. The molecule has 0 saturated heterocycles. The zero-order chi connectivity index (χ0) is 15.6. The Morgan fingerprint density at radius 1 is 1.04 bits per heavy atom. The van der Waals surface area contributed by atoms with Crippen molar-refractivity contribution in [3.63, 3.8) is 0 Å². The number of rotatable bonds is 3. The number of aromatic nitrogens is 4. The molecule has 2 heterocycles. The van der Waals surface area contributed by atoms with Crippen molar-refractivity contribution in [3.05, 3.63) is 65.4 Å². The Labute approximate surface area is 136 Å². The van der Waals surface area contributed by atoms with Crippen molar-refractivity contribution in [2.75, 3.05) is 5.43 Å². The van der Waals surface area contributed by atoms with Gasteiger partial charge in [-0.15, -0.1) is 15.3 Å². The maximum absolute atomic E-state index is 6.11. The highest BCUT2D eigenvalue weighted by Crippen LogP contribution is 2.23. The second kappa shape index (κ2) is 5.66. The van der Waals surface area contributed by atoms with Gasteiger partial charge in [-0.25, -0.2) is 0 Å². The first-order valence-electron chi connectivity index (χ1n) is 6.95. The van der Waals surface area contributed by atoms with E-state index >= 15 is 0 Å². The fourth-order valence-corrected chi connectivity index (χ4v) is 2.54. The first kappa shape index (κ1) is 13.7. The van der Waals surface area contributed by atoms with Gasteiger partial charge >= 0.3 is 0 Å². The van der Waals surface area contributed by atoms with Gasteiger partial charge < -0.3 is 0 Å².